The van der Waals surface area contributed by atoms with E-state index in [1.165, 1.54) is 0 Å². The lowest BCUT2D eigenvalue weighted by Crippen LogP contribution is -2.36. The van der Waals surface area contributed by atoms with Gasteiger partial charge in [-0.05, 0) is 19.5 Å². The molecule has 0 unspecified atom stereocenters. The van der Waals surface area contributed by atoms with Gasteiger partial charge in [-0.2, -0.15) is 0 Å². The lowest BCUT2D eigenvalue weighted by molar-refractivity contribution is -0.119. The molecule has 88 valence electrons. The molecular formula is C10H21N3OS. The van der Waals surface area contributed by atoms with E-state index in [-0.39, 0.29) is 17.3 Å². The summed E-state index contributed by atoms with van der Waals surface area (Å²) in [5.74, 6) is -0.0879. The number of rotatable bonds is 8. The van der Waals surface area contributed by atoms with E-state index in [1.54, 1.807) is 0 Å². The van der Waals surface area contributed by atoms with Gasteiger partial charge in [0, 0.05) is 13.1 Å². The Morgan fingerprint density at radius 3 is 2.53 bits per heavy atom. The smallest absolute Gasteiger partial charge is 0.226 e. The fourth-order valence-corrected chi connectivity index (χ4v) is 1.45. The molecule has 15 heavy (non-hydrogen) atoms. The van der Waals surface area contributed by atoms with Crippen molar-refractivity contribution in [3.8, 4) is 0 Å². The van der Waals surface area contributed by atoms with E-state index in [1.807, 2.05) is 0 Å². The second kappa shape index (κ2) is 8.61. The van der Waals surface area contributed by atoms with Crippen molar-refractivity contribution in [1.29, 1.82) is 0 Å². The molecule has 0 aromatic carbocycles. The summed E-state index contributed by atoms with van der Waals surface area (Å²) in [5.41, 5.74) is 5.26. The SMILES string of the molecule is CCCN(CC)CCNC(=O)CC(N)=S. The van der Waals surface area contributed by atoms with Crippen molar-refractivity contribution in [2.45, 2.75) is 26.7 Å². The van der Waals surface area contributed by atoms with Gasteiger partial charge in [-0.25, -0.2) is 0 Å². The third-order valence-corrected chi connectivity index (χ3v) is 2.22. The first kappa shape index (κ1) is 14.3. The molecule has 0 fully saturated rings. The maximum Gasteiger partial charge on any atom is 0.226 e. The quantitative estimate of drug-likeness (QED) is 0.598. The molecule has 0 aliphatic rings. The van der Waals surface area contributed by atoms with Gasteiger partial charge in [0.15, 0.2) is 0 Å². The lowest BCUT2D eigenvalue weighted by atomic mass is 10.3. The first-order chi connectivity index (χ1) is 7.10. The number of thiocarbonyl (C=S) groups is 1. The van der Waals surface area contributed by atoms with Crippen LogP contribution < -0.4 is 11.1 Å². The van der Waals surface area contributed by atoms with Crippen LogP contribution in [0.5, 0.6) is 0 Å². The Kier molecular flexibility index (Phi) is 8.22. The van der Waals surface area contributed by atoms with Crippen LogP contribution in [0.4, 0.5) is 0 Å². The Morgan fingerprint density at radius 1 is 1.40 bits per heavy atom. The molecule has 0 aliphatic carbocycles. The van der Waals surface area contributed by atoms with E-state index in [4.69, 9.17) is 5.73 Å². The predicted octanol–water partition coefficient (Wildman–Crippen LogP) is 0.511. The molecule has 0 radical (unpaired) electrons. The van der Waals surface area contributed by atoms with Gasteiger partial charge < -0.3 is 16.0 Å². The summed E-state index contributed by atoms with van der Waals surface area (Å²) in [7, 11) is 0. The van der Waals surface area contributed by atoms with E-state index >= 15 is 0 Å². The minimum atomic E-state index is -0.0879. The summed E-state index contributed by atoms with van der Waals surface area (Å²) >= 11 is 4.64. The maximum atomic E-state index is 11.2. The molecule has 0 rings (SSSR count). The normalized spacial score (nSPS) is 10.3. The van der Waals surface area contributed by atoms with Crippen LogP contribution in [-0.4, -0.2) is 42.0 Å². The van der Waals surface area contributed by atoms with E-state index in [0.29, 0.717) is 6.54 Å². The molecule has 4 nitrogen and oxygen atoms in total. The van der Waals surface area contributed by atoms with Crippen molar-refractivity contribution in [2.75, 3.05) is 26.2 Å². The molecule has 0 aromatic heterocycles. The molecule has 0 bridgehead atoms. The molecule has 0 saturated carbocycles. The number of likely N-dealkylation sites (N-methyl/N-ethyl adjacent to an activating group) is 1. The van der Waals surface area contributed by atoms with Gasteiger partial charge in [-0.15, -0.1) is 0 Å². The number of carbonyl (C=O) groups is 1. The van der Waals surface area contributed by atoms with E-state index < -0.39 is 0 Å². The van der Waals surface area contributed by atoms with Gasteiger partial charge in [0.05, 0.1) is 11.4 Å². The zero-order valence-electron chi connectivity index (χ0n) is 9.58. The van der Waals surface area contributed by atoms with Crippen LogP contribution in [0.2, 0.25) is 0 Å². The Bertz CT molecular complexity index is 209. The van der Waals surface area contributed by atoms with Crippen LogP contribution in [0.25, 0.3) is 0 Å². The number of hydrogen-bond donors (Lipinski definition) is 2. The molecule has 0 atom stereocenters. The third-order valence-electron chi connectivity index (χ3n) is 2.07. The van der Waals surface area contributed by atoms with Crippen molar-refractivity contribution >= 4 is 23.1 Å². The van der Waals surface area contributed by atoms with Crippen LogP contribution in [0, 0.1) is 0 Å². The molecule has 0 heterocycles. The van der Waals surface area contributed by atoms with Crippen molar-refractivity contribution in [3.63, 3.8) is 0 Å². The largest absolute Gasteiger partial charge is 0.393 e. The molecule has 3 N–H and O–H groups in total. The van der Waals surface area contributed by atoms with Crippen LogP contribution in [-0.2, 0) is 4.79 Å². The van der Waals surface area contributed by atoms with Crippen molar-refractivity contribution in [2.24, 2.45) is 5.73 Å². The minimum Gasteiger partial charge on any atom is -0.393 e. The summed E-state index contributed by atoms with van der Waals surface area (Å²) in [5, 5.41) is 2.79. The second-order valence-corrected chi connectivity index (χ2v) is 3.95. The standard InChI is InChI=1S/C10H21N3OS/c1-3-6-13(4-2)7-5-12-10(14)8-9(11)15/h3-8H2,1-2H3,(H2,11,15)(H,12,14). The number of nitrogens with zero attached hydrogens (tertiary/aromatic N) is 1. The monoisotopic (exact) mass is 231 g/mol. The Labute approximate surface area is 97.2 Å². The van der Waals surface area contributed by atoms with Crippen LogP contribution in [0.15, 0.2) is 0 Å². The van der Waals surface area contributed by atoms with Gasteiger partial charge in [0.25, 0.3) is 0 Å². The summed E-state index contributed by atoms with van der Waals surface area (Å²) in [6.07, 6.45) is 1.28. The minimum absolute atomic E-state index is 0.0879. The fourth-order valence-electron chi connectivity index (χ4n) is 1.32. The highest BCUT2D eigenvalue weighted by molar-refractivity contribution is 7.80. The lowest BCUT2D eigenvalue weighted by Gasteiger charge is -2.19. The molecule has 1 amide bonds. The zero-order valence-corrected chi connectivity index (χ0v) is 10.4. The highest BCUT2D eigenvalue weighted by Crippen LogP contribution is 1.89. The Hall–Kier alpha value is -0.680. The van der Waals surface area contributed by atoms with Crippen LogP contribution in [0.1, 0.15) is 26.7 Å². The molecule has 0 spiro atoms. The van der Waals surface area contributed by atoms with E-state index in [9.17, 15) is 4.79 Å². The highest BCUT2D eigenvalue weighted by atomic mass is 32.1. The van der Waals surface area contributed by atoms with Gasteiger partial charge in [-0.1, -0.05) is 26.1 Å². The third kappa shape index (κ3) is 8.32. The van der Waals surface area contributed by atoms with E-state index in [0.717, 1.165) is 26.1 Å². The van der Waals surface area contributed by atoms with Gasteiger partial charge in [0.2, 0.25) is 5.91 Å². The first-order valence-corrected chi connectivity index (χ1v) is 5.78. The number of hydrogen-bond acceptors (Lipinski definition) is 3. The maximum absolute atomic E-state index is 11.2. The average molecular weight is 231 g/mol. The molecule has 0 aromatic rings. The molecule has 0 saturated heterocycles. The summed E-state index contributed by atoms with van der Waals surface area (Å²) < 4.78 is 0. The first-order valence-electron chi connectivity index (χ1n) is 5.37. The van der Waals surface area contributed by atoms with Crippen molar-refractivity contribution in [3.05, 3.63) is 0 Å². The van der Waals surface area contributed by atoms with Crippen molar-refractivity contribution in [1.82, 2.24) is 10.2 Å². The molecule has 5 heteroatoms. The van der Waals surface area contributed by atoms with E-state index in [2.05, 4.69) is 36.3 Å². The summed E-state index contributed by atoms with van der Waals surface area (Å²) in [6, 6.07) is 0. The number of amides is 1. The summed E-state index contributed by atoms with van der Waals surface area (Å²) in [6.45, 7) is 7.89. The fraction of sp³-hybridized carbons (Fsp3) is 0.800. The number of nitrogens with two attached hydrogens (primary N) is 1. The Morgan fingerprint density at radius 2 is 2.07 bits per heavy atom. The average Bonchev–Trinajstić information content (AvgIpc) is 2.15. The molecular weight excluding hydrogens is 210 g/mol. The van der Waals surface area contributed by atoms with Crippen LogP contribution in [0.3, 0.4) is 0 Å². The topological polar surface area (TPSA) is 58.4 Å². The Balaban J connectivity index is 3.58. The number of nitrogens with one attached hydrogen (secondary N) is 1. The highest BCUT2D eigenvalue weighted by Gasteiger charge is 2.04. The van der Waals surface area contributed by atoms with Gasteiger partial charge >= 0.3 is 0 Å². The number of carbonyl (C=O) groups excluding carboxylic acids is 1. The zero-order chi connectivity index (χ0) is 11.7. The second-order valence-electron chi connectivity index (χ2n) is 3.43. The van der Waals surface area contributed by atoms with Crippen LogP contribution >= 0.6 is 12.2 Å². The van der Waals surface area contributed by atoms with Gasteiger partial charge in [-0.3, -0.25) is 4.79 Å². The van der Waals surface area contributed by atoms with Crippen molar-refractivity contribution < 1.29 is 4.79 Å². The summed E-state index contributed by atoms with van der Waals surface area (Å²) in [4.78, 5) is 13.7. The van der Waals surface area contributed by atoms with Gasteiger partial charge in [0.1, 0.15) is 0 Å². The predicted molar refractivity (Wildman–Crippen MR) is 66.8 cm³/mol. The molecule has 0 aliphatic heterocycles.